The van der Waals surface area contributed by atoms with Crippen molar-refractivity contribution in [3.05, 3.63) is 175 Å². The van der Waals surface area contributed by atoms with Gasteiger partial charge in [-0.3, -0.25) is 28.8 Å². The zero-order valence-electron chi connectivity index (χ0n) is 80.8. The third-order valence-corrected chi connectivity index (χ3v) is 26.7. The van der Waals surface area contributed by atoms with Crippen molar-refractivity contribution in [2.24, 2.45) is 71.0 Å². The van der Waals surface area contributed by atoms with Crippen molar-refractivity contribution in [3.8, 4) is 0 Å². The fraction of sp³-hybridized carbons (Fsp3) is 0.644. The van der Waals surface area contributed by atoms with Crippen molar-refractivity contribution in [1.82, 2.24) is 0 Å². The molecule has 2 saturated heterocycles. The molecular weight excluding hydrogens is 1660 g/mol. The molecule has 0 amide bonds. The molecule has 27 heteroatoms. The molecule has 1 aromatic carbocycles. The molecule has 5 aliphatic carbocycles. The minimum atomic E-state index is -1.23. The summed E-state index contributed by atoms with van der Waals surface area (Å²) in [5.74, 6) is -0.450. The van der Waals surface area contributed by atoms with E-state index in [0.717, 1.165) is 61.9 Å². The molecule has 8 N–H and O–H groups in total. The monoisotopic (exact) mass is 1820 g/mol. The lowest BCUT2D eigenvalue weighted by molar-refractivity contribution is -0.285. The number of hydrogen-bond acceptors (Lipinski definition) is 27. The lowest BCUT2D eigenvalue weighted by Gasteiger charge is -2.40. The summed E-state index contributed by atoms with van der Waals surface area (Å²) in [4.78, 5) is 74.2. The Kier molecular flexibility index (Phi) is 49.2. The highest BCUT2D eigenvalue weighted by Gasteiger charge is 2.48. The number of benzene rings is 1. The van der Waals surface area contributed by atoms with Gasteiger partial charge in [0.1, 0.15) is 54.3 Å². The van der Waals surface area contributed by atoms with Crippen LogP contribution in [-0.4, -0.2) is 220 Å². The molecule has 720 valence electrons. The Balaban J connectivity index is 0.000000338. The number of unbranched alkanes of at least 4 members (excludes halogenated alkanes) is 1. The number of aliphatic hydroxyl groups is 8. The number of allylic oxidation sites excluding steroid dienone is 16. The first-order valence-electron chi connectivity index (χ1n) is 45.0. The molecule has 7 aliphatic rings. The zero-order chi connectivity index (χ0) is 96.3. The molecule has 26 nitrogen and oxygen atoms in total. The zero-order valence-corrected chi connectivity index (χ0v) is 81.6. The van der Waals surface area contributed by atoms with Gasteiger partial charge in [0.05, 0.1) is 100 Å². The highest BCUT2D eigenvalue weighted by molar-refractivity contribution is 8.03. The van der Waals surface area contributed by atoms with Crippen LogP contribution < -0.4 is 0 Å². The predicted octanol–water partition coefficient (Wildman–Crippen LogP) is 15.2. The number of Topliss-reactive ketones (excluding diaryl/α,β-unsaturated/α-hetero) is 6. The Morgan fingerprint density at radius 1 is 0.477 bits per heavy atom. The van der Waals surface area contributed by atoms with Crippen LogP contribution >= 0.6 is 11.8 Å². The van der Waals surface area contributed by atoms with Crippen molar-refractivity contribution in [2.75, 3.05) is 83.5 Å². The van der Waals surface area contributed by atoms with Crippen LogP contribution in [0.5, 0.6) is 0 Å². The molecule has 16 unspecified atom stereocenters. The SMILES string of the molecule is C=C1OC(C/C(C)=C/CC/C(C)=C/C[C@@H]2[C@@H](C)C(=O)C(OC)=C(OC)[C@@H]2O)CC1C.CCC(=O)C/C(C)=C/CC1C(C)C(=O)C(SC)=C(OC)C1O.CCCC/C(C)=C/CC1C(C)C(=O)C(OC)=C(OC)C1O.COC1=C(OC)C(O)C(C/C=C(\C)CCc2ccccc2)C(C)C1=O.COC1=C(OC)C(O)C(C/C=C(\C)CO[C@H]2OC(CO)[C@H](C)C(O)[C@H]2O)C(C)C1=O. The number of methoxy groups -OCH3 is 9. The molecular formula is C101H154O26S. The first-order valence-corrected chi connectivity index (χ1v) is 46.2. The average Bonchev–Trinajstić information content (AvgIpc) is 0.874. The van der Waals surface area contributed by atoms with Gasteiger partial charge in [-0.25, -0.2) is 0 Å². The Morgan fingerprint density at radius 3 is 1.21 bits per heavy atom. The molecule has 1 aromatic rings. The maximum atomic E-state index is 12.5. The van der Waals surface area contributed by atoms with Gasteiger partial charge in [-0.15, -0.1) is 11.8 Å². The van der Waals surface area contributed by atoms with Crippen molar-refractivity contribution < 1.29 is 126 Å². The number of aliphatic hydroxyl groups excluding tert-OH is 8. The van der Waals surface area contributed by atoms with Gasteiger partial charge >= 0.3 is 0 Å². The highest BCUT2D eigenvalue weighted by Crippen LogP contribution is 2.43. The van der Waals surface area contributed by atoms with Crippen molar-refractivity contribution >= 4 is 46.5 Å². The maximum Gasteiger partial charge on any atom is 0.204 e. The van der Waals surface area contributed by atoms with Gasteiger partial charge in [0.2, 0.25) is 46.2 Å². The minimum Gasteiger partial charge on any atom is -0.497 e. The number of rotatable bonds is 38. The quantitative estimate of drug-likeness (QED) is 0.0285. The number of carbonyl (C=O) groups is 6. The lowest BCUT2D eigenvalue weighted by atomic mass is 9.77. The van der Waals surface area contributed by atoms with E-state index in [1.54, 1.807) is 13.8 Å². The number of thioether (sulfide) groups is 1. The summed E-state index contributed by atoms with van der Waals surface area (Å²) in [5, 5.41) is 82.5. The summed E-state index contributed by atoms with van der Waals surface area (Å²) in [6, 6.07) is 10.4. The summed E-state index contributed by atoms with van der Waals surface area (Å²) in [6.45, 7) is 33.0. The Morgan fingerprint density at radius 2 is 0.852 bits per heavy atom. The number of ether oxygens (including phenoxy) is 12. The highest BCUT2D eigenvalue weighted by atomic mass is 32.2. The molecule has 0 aromatic heterocycles. The molecule has 22 atom stereocenters. The van der Waals surface area contributed by atoms with Gasteiger partial charge in [0.15, 0.2) is 35.1 Å². The molecule has 2 fully saturated rings. The van der Waals surface area contributed by atoms with Crippen LogP contribution in [0.1, 0.15) is 206 Å². The molecule has 8 rings (SSSR count). The number of ketones is 6. The van der Waals surface area contributed by atoms with Crippen LogP contribution in [0.15, 0.2) is 169 Å². The topological polar surface area (TPSA) is 375 Å². The fourth-order valence-corrected chi connectivity index (χ4v) is 17.8. The number of aryl methyl sites for hydroxylation is 1. The van der Waals surface area contributed by atoms with Gasteiger partial charge in [-0.1, -0.05) is 176 Å². The van der Waals surface area contributed by atoms with Gasteiger partial charge < -0.3 is 97.7 Å². The Hall–Kier alpha value is -7.93. The first kappa shape index (κ1) is 112. The van der Waals surface area contributed by atoms with E-state index in [9.17, 15) is 69.6 Å². The van der Waals surface area contributed by atoms with E-state index in [2.05, 4.69) is 84.6 Å². The van der Waals surface area contributed by atoms with Crippen molar-refractivity contribution in [1.29, 1.82) is 0 Å². The van der Waals surface area contributed by atoms with Gasteiger partial charge in [0, 0.05) is 90.3 Å². The Labute approximate surface area is 766 Å². The summed E-state index contributed by atoms with van der Waals surface area (Å²) < 4.78 is 63.6. The summed E-state index contributed by atoms with van der Waals surface area (Å²) >= 11 is 1.32. The van der Waals surface area contributed by atoms with Gasteiger partial charge in [-0.05, 0) is 130 Å². The molecule has 0 radical (unpaired) electrons. The lowest BCUT2D eigenvalue weighted by Crippen LogP contribution is -2.55. The maximum absolute atomic E-state index is 12.5. The van der Waals surface area contributed by atoms with Gasteiger partial charge in [0.25, 0.3) is 0 Å². The molecule has 0 saturated carbocycles. The summed E-state index contributed by atoms with van der Waals surface area (Å²) in [5.41, 5.74) is 8.26. The van der Waals surface area contributed by atoms with Crippen LogP contribution in [0.25, 0.3) is 0 Å². The van der Waals surface area contributed by atoms with E-state index in [0.29, 0.717) is 61.5 Å². The van der Waals surface area contributed by atoms with Crippen LogP contribution in [0.2, 0.25) is 0 Å². The predicted molar refractivity (Wildman–Crippen MR) is 494 cm³/mol. The molecule has 128 heavy (non-hydrogen) atoms. The van der Waals surface area contributed by atoms with Crippen LogP contribution in [-0.2, 0) is 92.0 Å². The van der Waals surface area contributed by atoms with E-state index < -0.39 is 67.0 Å². The Bertz CT molecular complexity index is 4150. The van der Waals surface area contributed by atoms with Crippen molar-refractivity contribution in [2.45, 2.75) is 268 Å². The summed E-state index contributed by atoms with van der Waals surface area (Å²) in [7, 11) is 12.9. The molecule has 0 spiro atoms. The van der Waals surface area contributed by atoms with E-state index in [-0.39, 0.29) is 153 Å². The second-order valence-electron chi connectivity index (χ2n) is 34.9. The molecule has 2 aliphatic heterocycles. The van der Waals surface area contributed by atoms with E-state index in [1.165, 1.54) is 116 Å². The number of carbonyl (C=O) groups excluding carboxylic acids is 6. The van der Waals surface area contributed by atoms with Crippen LogP contribution in [0, 0.1) is 71.0 Å². The van der Waals surface area contributed by atoms with E-state index in [4.69, 9.17) is 56.8 Å². The van der Waals surface area contributed by atoms with Crippen LogP contribution in [0.3, 0.4) is 0 Å². The fourth-order valence-electron chi connectivity index (χ4n) is 17.0. The molecule has 0 bridgehead atoms. The smallest absolute Gasteiger partial charge is 0.204 e. The minimum absolute atomic E-state index is 0.0235. The van der Waals surface area contributed by atoms with Gasteiger partial charge in [-0.2, -0.15) is 0 Å². The first-order chi connectivity index (χ1) is 60.7. The normalized spacial score (nSPS) is 29.8. The van der Waals surface area contributed by atoms with E-state index >= 15 is 0 Å². The second-order valence-corrected chi connectivity index (χ2v) is 35.7. The van der Waals surface area contributed by atoms with Crippen LogP contribution in [0.4, 0.5) is 0 Å². The number of hydrogen-bond donors (Lipinski definition) is 8. The van der Waals surface area contributed by atoms with E-state index in [1.807, 2.05) is 85.1 Å². The van der Waals surface area contributed by atoms with Crippen molar-refractivity contribution in [3.63, 3.8) is 0 Å². The largest absolute Gasteiger partial charge is 0.497 e. The second kappa shape index (κ2) is 56.1. The summed E-state index contributed by atoms with van der Waals surface area (Å²) in [6.07, 6.45) is 19.5. The average molecular weight is 1820 g/mol. The third-order valence-electron chi connectivity index (χ3n) is 25.9. The standard InChI is InChI=1S/C25H38O5.C21H34O9.C21H28O4.C17H26O4S.C17H28O4/c1-15(9-8-10-16(2)13-20-14-17(3)19(5)30-20)11-12-21-18(4)22(26)24(28-6)25(29-7)23(21)27;1-10(9-29-21-18(26)15(23)12(3)14(8-22)30-21)6-7-13-11(2)16(24)19(27-4)20(28-5)17(13)25;1-14(10-12-16-8-6-5-7-9-16)11-13-17-15(2)18(22)20(24-3)21(25-4)19(17)23;1-6-12(18)9-10(2)7-8-13-11(3)14(19)17(22-5)16(21-4)15(13)20;1-6-7-8-11(2)9-10-13-12(3)14(18)16(20-4)17(21-5)15(13)19/h10-11,17-18,20-21,23,27H,5,8-9,12-14H2,1-4,6-7H3;6,11-15,17-18,21-23,25-26H,7-9H2,1-5H3;5-9,11,15,17,19,23H,10,12-13H2,1-4H3;7,11,13,15,20H,6,8-9H2,1-5H3;9,12-13,15,19H,6-8,10H2,1-5H3/b15-11+,16-10+;10-6+;14-11+;10-7+;11-9+/t17?,18-,20?,21-,23-;11?,12-,13?,14?,15?,17?,18+,21-;;;/m10.../s1. The molecule has 2 heterocycles. The third kappa shape index (κ3) is 30.8.